The molecule has 1 fully saturated rings. The Morgan fingerprint density at radius 1 is 1.67 bits per heavy atom. The van der Waals surface area contributed by atoms with Crippen LogP contribution >= 0.6 is 0 Å². The van der Waals surface area contributed by atoms with Crippen molar-refractivity contribution in [3.8, 4) is 0 Å². The van der Waals surface area contributed by atoms with Crippen LogP contribution in [-0.2, 0) is 4.79 Å². The van der Waals surface area contributed by atoms with Crippen molar-refractivity contribution in [3.05, 3.63) is 0 Å². The summed E-state index contributed by atoms with van der Waals surface area (Å²) in [6, 6.07) is 0. The Hall–Kier alpha value is -0.570. The van der Waals surface area contributed by atoms with Gasteiger partial charge in [-0.25, -0.2) is 5.32 Å². The maximum atomic E-state index is 11.1. The third-order valence-corrected chi connectivity index (χ3v) is 2.39. The van der Waals surface area contributed by atoms with Gasteiger partial charge >= 0.3 is 0 Å². The molecule has 1 unspecified atom stereocenters. The molecule has 0 aromatic carbocycles. The van der Waals surface area contributed by atoms with Crippen molar-refractivity contribution in [1.29, 1.82) is 0 Å². The maximum absolute atomic E-state index is 11.1. The van der Waals surface area contributed by atoms with Gasteiger partial charge in [0, 0.05) is 33.1 Å². The zero-order valence-corrected chi connectivity index (χ0v) is 7.92. The lowest BCUT2D eigenvalue weighted by atomic mass is 10.1. The van der Waals surface area contributed by atoms with Crippen LogP contribution in [0.3, 0.4) is 0 Å². The monoisotopic (exact) mass is 169 g/mol. The molecule has 0 bridgehead atoms. The number of hydrogen-bond acceptors (Lipinski definition) is 1. The van der Waals surface area contributed by atoms with Crippen molar-refractivity contribution in [2.45, 2.75) is 20.3 Å². The molecule has 1 heterocycles. The van der Waals surface area contributed by atoms with Crippen LogP contribution in [0.5, 0.6) is 0 Å². The molecule has 1 radical (unpaired) electrons. The topological polar surface area (TPSA) is 34.4 Å². The Labute approximate surface area is 74.1 Å². The van der Waals surface area contributed by atoms with Crippen LogP contribution in [0.1, 0.15) is 20.3 Å². The first-order valence-corrected chi connectivity index (χ1v) is 4.62. The minimum atomic E-state index is 0.185. The van der Waals surface area contributed by atoms with E-state index in [0.29, 0.717) is 5.92 Å². The minimum Gasteiger partial charge on any atom is -0.343 e. The summed E-state index contributed by atoms with van der Waals surface area (Å²) < 4.78 is 0. The van der Waals surface area contributed by atoms with Crippen molar-refractivity contribution < 1.29 is 4.79 Å². The van der Waals surface area contributed by atoms with Gasteiger partial charge in [0.1, 0.15) is 0 Å². The predicted molar refractivity (Wildman–Crippen MR) is 47.9 cm³/mol. The third-order valence-electron chi connectivity index (χ3n) is 2.39. The first-order chi connectivity index (χ1) is 5.74. The summed E-state index contributed by atoms with van der Waals surface area (Å²) in [6.45, 7) is 7.31. The molecule has 1 aliphatic rings. The standard InChI is InChI=1S/C9H17N2O/c1-3-11(8(2)12)7-9-4-5-10-6-9/h9H,3-7H2,1-2H3. The highest BCUT2D eigenvalue weighted by Crippen LogP contribution is 2.10. The van der Waals surface area contributed by atoms with Gasteiger partial charge in [-0.15, -0.1) is 0 Å². The van der Waals surface area contributed by atoms with Crippen molar-refractivity contribution in [2.24, 2.45) is 5.92 Å². The molecule has 0 N–H and O–H groups in total. The van der Waals surface area contributed by atoms with Crippen LogP contribution in [0, 0.1) is 5.92 Å². The first kappa shape index (κ1) is 9.52. The molecule has 0 saturated carbocycles. The predicted octanol–water partition coefficient (Wildman–Crippen LogP) is 0.479. The lowest BCUT2D eigenvalue weighted by Crippen LogP contribution is -2.33. The van der Waals surface area contributed by atoms with Gasteiger partial charge in [0.05, 0.1) is 0 Å². The summed E-state index contributed by atoms with van der Waals surface area (Å²) in [7, 11) is 0. The Kier molecular flexibility index (Phi) is 3.53. The molecule has 3 nitrogen and oxygen atoms in total. The molecule has 0 spiro atoms. The number of rotatable bonds is 3. The van der Waals surface area contributed by atoms with Crippen molar-refractivity contribution in [3.63, 3.8) is 0 Å². The molecule has 3 heteroatoms. The average molecular weight is 169 g/mol. The normalized spacial score (nSPS) is 22.7. The SMILES string of the molecule is CCN(CC1CC[N]C1)C(C)=O. The summed E-state index contributed by atoms with van der Waals surface area (Å²) >= 11 is 0. The summed E-state index contributed by atoms with van der Waals surface area (Å²) in [5, 5.41) is 4.27. The Morgan fingerprint density at radius 2 is 2.42 bits per heavy atom. The van der Waals surface area contributed by atoms with Gasteiger partial charge in [0.2, 0.25) is 5.91 Å². The number of carbonyl (C=O) groups excluding carboxylic acids is 1. The van der Waals surface area contributed by atoms with Gasteiger partial charge in [0.25, 0.3) is 0 Å². The van der Waals surface area contributed by atoms with Crippen molar-refractivity contribution >= 4 is 5.91 Å². The quantitative estimate of drug-likeness (QED) is 0.605. The lowest BCUT2D eigenvalue weighted by Gasteiger charge is -2.21. The van der Waals surface area contributed by atoms with Gasteiger partial charge in [-0.2, -0.15) is 0 Å². The van der Waals surface area contributed by atoms with Crippen LogP contribution in [0.25, 0.3) is 0 Å². The molecule has 0 aromatic rings. The maximum Gasteiger partial charge on any atom is 0.219 e. The van der Waals surface area contributed by atoms with Gasteiger partial charge < -0.3 is 4.90 Å². The van der Waals surface area contributed by atoms with E-state index in [9.17, 15) is 4.79 Å². The number of nitrogens with zero attached hydrogens (tertiary/aromatic N) is 2. The molecule has 1 aliphatic heterocycles. The lowest BCUT2D eigenvalue weighted by molar-refractivity contribution is -0.129. The molecular weight excluding hydrogens is 152 g/mol. The van der Waals surface area contributed by atoms with E-state index in [1.807, 2.05) is 11.8 Å². The highest BCUT2D eigenvalue weighted by molar-refractivity contribution is 5.73. The van der Waals surface area contributed by atoms with E-state index in [0.717, 1.165) is 32.6 Å². The summed E-state index contributed by atoms with van der Waals surface area (Å²) in [5.41, 5.74) is 0. The fourth-order valence-electron chi connectivity index (χ4n) is 1.58. The van der Waals surface area contributed by atoms with E-state index in [1.165, 1.54) is 0 Å². The Bertz CT molecular complexity index is 153. The molecular formula is C9H17N2O. The van der Waals surface area contributed by atoms with Gasteiger partial charge in [0.15, 0.2) is 0 Å². The molecule has 69 valence electrons. The second kappa shape index (κ2) is 4.45. The Balaban J connectivity index is 2.30. The smallest absolute Gasteiger partial charge is 0.219 e. The van der Waals surface area contributed by atoms with Gasteiger partial charge in [-0.05, 0) is 19.3 Å². The largest absolute Gasteiger partial charge is 0.343 e. The highest BCUT2D eigenvalue weighted by atomic mass is 16.2. The Morgan fingerprint density at radius 3 is 2.83 bits per heavy atom. The highest BCUT2D eigenvalue weighted by Gasteiger charge is 2.19. The molecule has 0 aliphatic carbocycles. The van der Waals surface area contributed by atoms with E-state index in [4.69, 9.17) is 0 Å². The fraction of sp³-hybridized carbons (Fsp3) is 0.889. The van der Waals surface area contributed by atoms with E-state index in [2.05, 4.69) is 5.32 Å². The molecule has 1 rings (SSSR count). The summed E-state index contributed by atoms with van der Waals surface area (Å²) in [6.07, 6.45) is 1.16. The second-order valence-corrected chi connectivity index (χ2v) is 3.34. The van der Waals surface area contributed by atoms with E-state index >= 15 is 0 Å². The van der Waals surface area contributed by atoms with E-state index in [-0.39, 0.29) is 5.91 Å². The molecule has 0 aromatic heterocycles. The third kappa shape index (κ3) is 2.48. The number of hydrogen-bond donors (Lipinski definition) is 0. The van der Waals surface area contributed by atoms with E-state index in [1.54, 1.807) is 6.92 Å². The van der Waals surface area contributed by atoms with Crippen LogP contribution < -0.4 is 5.32 Å². The fourth-order valence-corrected chi connectivity index (χ4v) is 1.58. The zero-order chi connectivity index (χ0) is 8.97. The summed E-state index contributed by atoms with van der Waals surface area (Å²) in [4.78, 5) is 13.0. The van der Waals surface area contributed by atoms with Crippen molar-refractivity contribution in [2.75, 3.05) is 26.2 Å². The van der Waals surface area contributed by atoms with E-state index < -0.39 is 0 Å². The first-order valence-electron chi connectivity index (χ1n) is 4.62. The number of amides is 1. The van der Waals surface area contributed by atoms with Crippen LogP contribution in [0.15, 0.2) is 0 Å². The van der Waals surface area contributed by atoms with Crippen LogP contribution in [0.4, 0.5) is 0 Å². The van der Waals surface area contributed by atoms with Crippen LogP contribution in [0.2, 0.25) is 0 Å². The van der Waals surface area contributed by atoms with Crippen LogP contribution in [-0.4, -0.2) is 37.0 Å². The molecule has 1 atom stereocenters. The van der Waals surface area contributed by atoms with Gasteiger partial charge in [-0.1, -0.05) is 0 Å². The molecule has 1 amide bonds. The second-order valence-electron chi connectivity index (χ2n) is 3.34. The molecule has 1 saturated heterocycles. The average Bonchev–Trinajstić information content (AvgIpc) is 2.51. The van der Waals surface area contributed by atoms with Gasteiger partial charge in [-0.3, -0.25) is 4.79 Å². The zero-order valence-electron chi connectivity index (χ0n) is 7.92. The molecule has 12 heavy (non-hydrogen) atoms. The van der Waals surface area contributed by atoms with Crippen molar-refractivity contribution in [1.82, 2.24) is 10.2 Å². The summed E-state index contributed by atoms with van der Waals surface area (Å²) in [5.74, 6) is 0.804. The minimum absolute atomic E-state index is 0.185. The number of carbonyl (C=O) groups is 1.